The van der Waals surface area contributed by atoms with Crippen LogP contribution in [0.2, 0.25) is 0 Å². The summed E-state index contributed by atoms with van der Waals surface area (Å²) in [5.74, 6) is -0.347. The molecule has 2 rings (SSSR count). The minimum Gasteiger partial charge on any atom is -0.354 e. The highest BCUT2D eigenvalue weighted by Crippen LogP contribution is 2.12. The van der Waals surface area contributed by atoms with Crippen molar-refractivity contribution in [3.8, 4) is 0 Å². The van der Waals surface area contributed by atoms with Crippen molar-refractivity contribution in [2.75, 3.05) is 6.54 Å². The van der Waals surface area contributed by atoms with Crippen LogP contribution < -0.4 is 10.6 Å². The van der Waals surface area contributed by atoms with Crippen LogP contribution in [0.4, 0.5) is 0 Å². The Morgan fingerprint density at radius 1 is 1.56 bits per heavy atom. The van der Waals surface area contributed by atoms with Gasteiger partial charge in [0.1, 0.15) is 10.9 Å². The zero-order valence-electron chi connectivity index (χ0n) is 10.2. The minimum atomic E-state index is -0.438. The predicted molar refractivity (Wildman–Crippen MR) is 67.4 cm³/mol. The van der Waals surface area contributed by atoms with E-state index in [2.05, 4.69) is 20.2 Å². The number of carbonyl (C=O) groups excluding carboxylic acids is 2. The maximum Gasteiger partial charge on any atom is 0.265 e. The highest BCUT2D eigenvalue weighted by atomic mass is 32.1. The number of nitrogens with zero attached hydrogens (tertiary/aromatic N) is 2. The molecule has 7 heteroatoms. The molecule has 0 aromatic carbocycles. The van der Waals surface area contributed by atoms with E-state index in [1.54, 1.807) is 0 Å². The monoisotopic (exact) mass is 268 g/mol. The van der Waals surface area contributed by atoms with Gasteiger partial charge in [-0.15, -0.1) is 5.10 Å². The van der Waals surface area contributed by atoms with Crippen LogP contribution in [0.15, 0.2) is 0 Å². The summed E-state index contributed by atoms with van der Waals surface area (Å²) in [6, 6.07) is -0.438. The number of amides is 2. The van der Waals surface area contributed by atoms with Crippen molar-refractivity contribution in [2.24, 2.45) is 0 Å². The van der Waals surface area contributed by atoms with E-state index in [9.17, 15) is 9.59 Å². The highest BCUT2D eigenvalue weighted by Gasteiger charge is 2.24. The van der Waals surface area contributed by atoms with Crippen molar-refractivity contribution in [2.45, 2.75) is 38.6 Å². The molecule has 0 radical (unpaired) electrons. The Morgan fingerprint density at radius 2 is 2.39 bits per heavy atom. The minimum absolute atomic E-state index is 0.101. The van der Waals surface area contributed by atoms with Gasteiger partial charge >= 0.3 is 0 Å². The van der Waals surface area contributed by atoms with Gasteiger partial charge in [0, 0.05) is 6.54 Å². The highest BCUT2D eigenvalue weighted by molar-refractivity contribution is 7.08. The van der Waals surface area contributed by atoms with Crippen LogP contribution in [-0.2, 0) is 11.2 Å². The topological polar surface area (TPSA) is 84.0 Å². The molecule has 0 saturated carbocycles. The van der Waals surface area contributed by atoms with Crippen molar-refractivity contribution >= 4 is 23.3 Å². The molecule has 18 heavy (non-hydrogen) atoms. The summed E-state index contributed by atoms with van der Waals surface area (Å²) in [7, 11) is 0. The smallest absolute Gasteiger partial charge is 0.265 e. The molecule has 2 heterocycles. The number of carbonyl (C=O) groups is 2. The average molecular weight is 268 g/mol. The molecule has 1 unspecified atom stereocenters. The predicted octanol–water partition coefficient (Wildman–Crippen LogP) is 0.499. The molecule has 2 N–H and O–H groups in total. The van der Waals surface area contributed by atoms with Crippen molar-refractivity contribution in [1.82, 2.24) is 20.2 Å². The molecule has 1 saturated heterocycles. The Morgan fingerprint density at radius 3 is 3.17 bits per heavy atom. The molecular weight excluding hydrogens is 252 g/mol. The zero-order valence-corrected chi connectivity index (χ0v) is 11.0. The lowest BCUT2D eigenvalue weighted by atomic mass is 10.1. The Bertz CT molecular complexity index is 446. The normalized spacial score (nSPS) is 20.1. The van der Waals surface area contributed by atoms with Crippen molar-refractivity contribution < 1.29 is 9.59 Å². The van der Waals surface area contributed by atoms with Gasteiger partial charge < -0.3 is 10.6 Å². The Hall–Kier alpha value is -1.50. The first-order valence-corrected chi connectivity index (χ1v) is 6.89. The summed E-state index contributed by atoms with van der Waals surface area (Å²) >= 11 is 1.07. The van der Waals surface area contributed by atoms with Crippen molar-refractivity contribution in [3.05, 3.63) is 10.6 Å². The van der Waals surface area contributed by atoms with E-state index in [0.717, 1.165) is 24.4 Å². The Labute approximate surface area is 109 Å². The van der Waals surface area contributed by atoms with Gasteiger partial charge in [-0.25, -0.2) is 0 Å². The van der Waals surface area contributed by atoms with E-state index in [1.807, 2.05) is 6.92 Å². The van der Waals surface area contributed by atoms with E-state index in [1.165, 1.54) is 0 Å². The average Bonchev–Trinajstić information content (AvgIpc) is 2.76. The van der Waals surface area contributed by atoms with Gasteiger partial charge in [0.15, 0.2) is 0 Å². The fraction of sp³-hybridized carbons (Fsp3) is 0.636. The van der Waals surface area contributed by atoms with Crippen LogP contribution >= 0.6 is 11.5 Å². The van der Waals surface area contributed by atoms with Crippen LogP contribution in [0.1, 0.15) is 41.6 Å². The lowest BCUT2D eigenvalue weighted by Gasteiger charge is -2.14. The van der Waals surface area contributed by atoms with Crippen molar-refractivity contribution in [3.63, 3.8) is 0 Å². The SMILES string of the molecule is CCc1nnsc1C(=O)NC1CCCCNC1=O. The summed E-state index contributed by atoms with van der Waals surface area (Å²) < 4.78 is 3.77. The van der Waals surface area contributed by atoms with Gasteiger partial charge in [0.2, 0.25) is 5.91 Å². The van der Waals surface area contributed by atoms with Gasteiger partial charge in [0.25, 0.3) is 5.91 Å². The van der Waals surface area contributed by atoms with E-state index in [-0.39, 0.29) is 11.8 Å². The van der Waals surface area contributed by atoms with Gasteiger partial charge in [-0.05, 0) is 37.2 Å². The maximum absolute atomic E-state index is 12.1. The molecule has 1 aromatic rings. The molecule has 1 atom stereocenters. The first kappa shape index (κ1) is 12.9. The molecule has 1 aliphatic heterocycles. The van der Waals surface area contributed by atoms with E-state index >= 15 is 0 Å². The number of rotatable bonds is 3. The molecule has 1 aromatic heterocycles. The van der Waals surface area contributed by atoms with Crippen LogP contribution in [0.5, 0.6) is 0 Å². The second kappa shape index (κ2) is 5.90. The lowest BCUT2D eigenvalue weighted by Crippen LogP contribution is -2.45. The molecule has 1 fully saturated rings. The number of hydrogen-bond acceptors (Lipinski definition) is 5. The summed E-state index contributed by atoms with van der Waals surface area (Å²) in [5, 5.41) is 9.45. The summed E-state index contributed by atoms with van der Waals surface area (Å²) in [6.45, 7) is 2.61. The molecular formula is C11H16N4O2S. The van der Waals surface area contributed by atoms with Crippen LogP contribution in [0.3, 0.4) is 0 Å². The van der Waals surface area contributed by atoms with Crippen LogP contribution in [0.25, 0.3) is 0 Å². The van der Waals surface area contributed by atoms with Gasteiger partial charge in [-0.2, -0.15) is 0 Å². The number of hydrogen-bond donors (Lipinski definition) is 2. The van der Waals surface area contributed by atoms with E-state index < -0.39 is 6.04 Å². The molecule has 0 aliphatic carbocycles. The first-order chi connectivity index (χ1) is 8.72. The Kier molecular flexibility index (Phi) is 4.24. The second-order valence-electron chi connectivity index (χ2n) is 4.22. The summed E-state index contributed by atoms with van der Waals surface area (Å²) in [4.78, 5) is 24.3. The fourth-order valence-electron chi connectivity index (χ4n) is 1.91. The summed E-state index contributed by atoms with van der Waals surface area (Å²) in [5.41, 5.74) is 0.687. The molecule has 0 spiro atoms. The number of aryl methyl sites for hydroxylation is 1. The fourth-order valence-corrected chi connectivity index (χ4v) is 2.57. The molecule has 1 aliphatic rings. The van der Waals surface area contributed by atoms with E-state index in [4.69, 9.17) is 0 Å². The van der Waals surface area contributed by atoms with Crippen molar-refractivity contribution in [1.29, 1.82) is 0 Å². The third-order valence-electron chi connectivity index (χ3n) is 2.94. The molecule has 98 valence electrons. The van der Waals surface area contributed by atoms with Gasteiger partial charge in [-0.3, -0.25) is 9.59 Å². The van der Waals surface area contributed by atoms with Gasteiger partial charge in [0.05, 0.1) is 5.69 Å². The quantitative estimate of drug-likeness (QED) is 0.836. The molecule has 0 bridgehead atoms. The standard InChI is InChI=1S/C11H16N4O2S/c1-2-7-9(18-15-14-7)11(17)13-8-5-3-4-6-12-10(8)16/h8H,2-6H2,1H3,(H,12,16)(H,13,17). The Balaban J connectivity index is 2.04. The largest absolute Gasteiger partial charge is 0.354 e. The maximum atomic E-state index is 12.1. The summed E-state index contributed by atoms with van der Waals surface area (Å²) in [6.07, 6.45) is 3.24. The lowest BCUT2D eigenvalue weighted by molar-refractivity contribution is -0.122. The first-order valence-electron chi connectivity index (χ1n) is 6.12. The van der Waals surface area contributed by atoms with E-state index in [0.29, 0.717) is 30.0 Å². The van der Waals surface area contributed by atoms with Gasteiger partial charge in [-0.1, -0.05) is 11.4 Å². The number of aromatic nitrogens is 2. The number of nitrogens with one attached hydrogen (secondary N) is 2. The molecule has 6 nitrogen and oxygen atoms in total. The van der Waals surface area contributed by atoms with Crippen LogP contribution in [0, 0.1) is 0 Å². The third kappa shape index (κ3) is 2.84. The third-order valence-corrected chi connectivity index (χ3v) is 3.70. The molecule has 2 amide bonds. The zero-order chi connectivity index (χ0) is 13.0. The van der Waals surface area contributed by atoms with Crippen LogP contribution in [-0.4, -0.2) is 34.0 Å². The second-order valence-corrected chi connectivity index (χ2v) is 4.97.